The molecule has 1 atom stereocenters. The van der Waals surface area contributed by atoms with Crippen LogP contribution in [0.4, 0.5) is 4.39 Å². The van der Waals surface area contributed by atoms with Crippen molar-refractivity contribution < 1.29 is 4.39 Å². The van der Waals surface area contributed by atoms with E-state index in [9.17, 15) is 4.39 Å². The van der Waals surface area contributed by atoms with Gasteiger partial charge in [-0.05, 0) is 19.1 Å². The van der Waals surface area contributed by atoms with Gasteiger partial charge in [0.2, 0.25) is 0 Å². The zero-order chi connectivity index (χ0) is 11.0. The smallest absolute Gasteiger partial charge is 0.173 e. The first-order chi connectivity index (χ1) is 7.15. The summed E-state index contributed by atoms with van der Waals surface area (Å²) in [5, 5.41) is 0. The third-order valence-electron chi connectivity index (χ3n) is 2.64. The largest absolute Gasteiger partial charge is 0.330 e. The lowest BCUT2D eigenvalue weighted by atomic mass is 10.1. The molecule has 0 saturated heterocycles. The Labute approximate surface area is 87.7 Å². The molecule has 2 aromatic rings. The van der Waals surface area contributed by atoms with E-state index in [0.29, 0.717) is 12.2 Å². The second-order valence-corrected chi connectivity index (χ2v) is 3.77. The first-order valence-electron chi connectivity index (χ1n) is 4.98. The maximum Gasteiger partial charge on any atom is 0.173 e. The summed E-state index contributed by atoms with van der Waals surface area (Å²) in [6.07, 6.45) is 1.82. The van der Waals surface area contributed by atoms with Crippen LogP contribution < -0.4 is 5.73 Å². The lowest BCUT2D eigenvalue weighted by Gasteiger charge is -2.09. The third kappa shape index (κ3) is 1.51. The van der Waals surface area contributed by atoms with Gasteiger partial charge in [0, 0.05) is 24.4 Å². The zero-order valence-electron chi connectivity index (χ0n) is 8.87. The van der Waals surface area contributed by atoms with Crippen LogP contribution in [0.1, 0.15) is 24.2 Å². The minimum Gasteiger partial charge on any atom is -0.330 e. The van der Waals surface area contributed by atoms with Gasteiger partial charge in [-0.15, -0.1) is 0 Å². The molecule has 0 saturated carbocycles. The Morgan fingerprint density at radius 1 is 1.60 bits per heavy atom. The standard InChI is InChI=1S/C11H14FN3/c1-7(6-13)10-8(2)14-11-9(12)4-3-5-15(10)11/h3-5,7H,6,13H2,1-2H3. The molecule has 0 radical (unpaired) electrons. The predicted molar refractivity (Wildman–Crippen MR) is 57.4 cm³/mol. The number of aromatic nitrogens is 2. The molecular formula is C11H14FN3. The van der Waals surface area contributed by atoms with E-state index in [1.807, 2.05) is 20.0 Å². The van der Waals surface area contributed by atoms with Gasteiger partial charge in [0.15, 0.2) is 11.5 Å². The maximum atomic E-state index is 13.4. The monoisotopic (exact) mass is 207 g/mol. The van der Waals surface area contributed by atoms with Gasteiger partial charge >= 0.3 is 0 Å². The van der Waals surface area contributed by atoms with Gasteiger partial charge in [-0.25, -0.2) is 9.37 Å². The van der Waals surface area contributed by atoms with Crippen molar-refractivity contribution in [2.75, 3.05) is 6.54 Å². The summed E-state index contributed by atoms with van der Waals surface area (Å²) in [6, 6.07) is 3.09. The van der Waals surface area contributed by atoms with Crippen molar-refractivity contribution in [3.63, 3.8) is 0 Å². The number of nitrogens with two attached hydrogens (primary N) is 1. The molecular weight excluding hydrogens is 193 g/mol. The average molecular weight is 207 g/mol. The molecule has 4 heteroatoms. The van der Waals surface area contributed by atoms with Crippen molar-refractivity contribution in [2.45, 2.75) is 19.8 Å². The highest BCUT2D eigenvalue weighted by Crippen LogP contribution is 2.21. The predicted octanol–water partition coefficient (Wildman–Crippen LogP) is 1.84. The molecule has 15 heavy (non-hydrogen) atoms. The Bertz CT molecular complexity index is 490. The van der Waals surface area contributed by atoms with E-state index in [4.69, 9.17) is 5.73 Å². The van der Waals surface area contributed by atoms with Crippen LogP contribution in [-0.2, 0) is 0 Å². The van der Waals surface area contributed by atoms with Crippen molar-refractivity contribution in [3.8, 4) is 0 Å². The number of pyridine rings is 1. The van der Waals surface area contributed by atoms with Gasteiger partial charge in [-0.3, -0.25) is 0 Å². The number of hydrogen-bond donors (Lipinski definition) is 1. The molecule has 2 heterocycles. The van der Waals surface area contributed by atoms with Gasteiger partial charge in [0.05, 0.1) is 5.69 Å². The highest BCUT2D eigenvalue weighted by atomic mass is 19.1. The average Bonchev–Trinajstić information content (AvgIpc) is 2.55. The van der Waals surface area contributed by atoms with E-state index in [0.717, 1.165) is 11.4 Å². The third-order valence-corrected chi connectivity index (χ3v) is 2.64. The molecule has 0 fully saturated rings. The molecule has 3 nitrogen and oxygen atoms in total. The summed E-state index contributed by atoms with van der Waals surface area (Å²) in [7, 11) is 0. The SMILES string of the molecule is Cc1nc2c(F)cccn2c1C(C)CN. The summed E-state index contributed by atoms with van der Waals surface area (Å²) >= 11 is 0. The quantitative estimate of drug-likeness (QED) is 0.816. The number of aryl methyl sites for hydroxylation is 1. The second-order valence-electron chi connectivity index (χ2n) is 3.77. The molecule has 2 N–H and O–H groups in total. The van der Waals surface area contributed by atoms with E-state index >= 15 is 0 Å². The lowest BCUT2D eigenvalue weighted by molar-refractivity contribution is 0.627. The fourth-order valence-electron chi connectivity index (χ4n) is 1.87. The number of halogens is 1. The molecule has 0 aliphatic rings. The van der Waals surface area contributed by atoms with Gasteiger partial charge in [-0.2, -0.15) is 0 Å². The maximum absolute atomic E-state index is 13.4. The zero-order valence-corrected chi connectivity index (χ0v) is 8.87. The molecule has 0 aromatic carbocycles. The molecule has 0 amide bonds. The Balaban J connectivity index is 2.73. The highest BCUT2D eigenvalue weighted by molar-refractivity contribution is 5.45. The van der Waals surface area contributed by atoms with Crippen LogP contribution in [0.25, 0.3) is 5.65 Å². The molecule has 0 bridgehead atoms. The molecule has 1 unspecified atom stereocenters. The first kappa shape index (κ1) is 10.1. The fraction of sp³-hybridized carbons (Fsp3) is 0.364. The Kier molecular flexibility index (Phi) is 2.44. The Morgan fingerprint density at radius 2 is 2.33 bits per heavy atom. The summed E-state index contributed by atoms with van der Waals surface area (Å²) in [5.74, 6) is -0.113. The summed E-state index contributed by atoms with van der Waals surface area (Å²) < 4.78 is 15.2. The van der Waals surface area contributed by atoms with Crippen LogP contribution in [0.2, 0.25) is 0 Å². The summed E-state index contributed by atoms with van der Waals surface area (Å²) in [4.78, 5) is 4.21. The van der Waals surface area contributed by atoms with E-state index in [-0.39, 0.29) is 11.7 Å². The Hall–Kier alpha value is -1.42. The van der Waals surface area contributed by atoms with Crippen LogP contribution in [-0.4, -0.2) is 15.9 Å². The van der Waals surface area contributed by atoms with Crippen molar-refractivity contribution in [2.24, 2.45) is 5.73 Å². The van der Waals surface area contributed by atoms with Crippen LogP contribution in [0.3, 0.4) is 0 Å². The molecule has 0 aliphatic heterocycles. The molecule has 2 aromatic heterocycles. The van der Waals surface area contributed by atoms with Crippen LogP contribution in [0, 0.1) is 12.7 Å². The van der Waals surface area contributed by atoms with Gasteiger partial charge in [0.25, 0.3) is 0 Å². The topological polar surface area (TPSA) is 43.3 Å². The highest BCUT2D eigenvalue weighted by Gasteiger charge is 2.15. The van der Waals surface area contributed by atoms with Gasteiger partial charge < -0.3 is 10.1 Å². The molecule has 0 spiro atoms. The number of nitrogens with zero attached hydrogens (tertiary/aromatic N) is 2. The van der Waals surface area contributed by atoms with Crippen LogP contribution in [0.5, 0.6) is 0 Å². The fourth-order valence-corrected chi connectivity index (χ4v) is 1.87. The summed E-state index contributed by atoms with van der Waals surface area (Å²) in [6.45, 7) is 4.43. The Morgan fingerprint density at radius 3 is 3.00 bits per heavy atom. The van der Waals surface area contributed by atoms with Crippen molar-refractivity contribution in [3.05, 3.63) is 35.5 Å². The van der Waals surface area contributed by atoms with E-state index < -0.39 is 0 Å². The molecule has 0 aliphatic carbocycles. The normalized spacial score (nSPS) is 13.3. The summed E-state index contributed by atoms with van der Waals surface area (Å²) in [5.41, 5.74) is 7.84. The number of imidazole rings is 1. The molecule has 2 rings (SSSR count). The van der Waals surface area contributed by atoms with Crippen molar-refractivity contribution >= 4 is 5.65 Å². The molecule has 80 valence electrons. The van der Waals surface area contributed by atoms with Crippen LogP contribution >= 0.6 is 0 Å². The van der Waals surface area contributed by atoms with Crippen LogP contribution in [0.15, 0.2) is 18.3 Å². The van der Waals surface area contributed by atoms with E-state index in [1.165, 1.54) is 6.07 Å². The number of rotatable bonds is 2. The minimum atomic E-state index is -0.295. The second kappa shape index (κ2) is 3.62. The van der Waals surface area contributed by atoms with E-state index in [2.05, 4.69) is 4.98 Å². The first-order valence-corrected chi connectivity index (χ1v) is 4.98. The van der Waals surface area contributed by atoms with Gasteiger partial charge in [-0.1, -0.05) is 6.92 Å². The minimum absolute atomic E-state index is 0.182. The number of fused-ring (bicyclic) bond motifs is 1. The van der Waals surface area contributed by atoms with Gasteiger partial charge in [0.1, 0.15) is 0 Å². The van der Waals surface area contributed by atoms with E-state index in [1.54, 1.807) is 10.5 Å². The van der Waals surface area contributed by atoms with Crippen molar-refractivity contribution in [1.82, 2.24) is 9.38 Å². The van der Waals surface area contributed by atoms with Crippen molar-refractivity contribution in [1.29, 1.82) is 0 Å². The number of hydrogen-bond acceptors (Lipinski definition) is 2. The lowest BCUT2D eigenvalue weighted by Crippen LogP contribution is -2.12.